The predicted octanol–water partition coefficient (Wildman–Crippen LogP) is -3.01. The molecule has 1 amide bonds. The SMILES string of the molecule is O=C(/C=N/O)Nc1ccc(S(=O)(=O)[O-])cc1.[Na+]. The maximum Gasteiger partial charge on any atom is 1.00 e. The van der Waals surface area contributed by atoms with Gasteiger partial charge in [0.15, 0.2) is 0 Å². The normalized spacial score (nSPS) is 10.9. The van der Waals surface area contributed by atoms with Crippen LogP contribution in [0, 0.1) is 0 Å². The Balaban J connectivity index is 0.00000256. The summed E-state index contributed by atoms with van der Waals surface area (Å²) in [5.74, 6) is -0.680. The molecular formula is C8H7N2NaO5S. The smallest absolute Gasteiger partial charge is 0.744 e. The first-order valence-electron chi connectivity index (χ1n) is 3.98. The zero-order chi connectivity index (χ0) is 12.2. The average Bonchev–Trinajstić information content (AvgIpc) is 2.17. The molecule has 0 saturated heterocycles. The predicted molar refractivity (Wildman–Crippen MR) is 53.3 cm³/mol. The minimum Gasteiger partial charge on any atom is -0.744 e. The summed E-state index contributed by atoms with van der Waals surface area (Å²) < 4.78 is 31.7. The molecule has 2 N–H and O–H groups in total. The topological polar surface area (TPSA) is 119 Å². The number of rotatable bonds is 3. The van der Waals surface area contributed by atoms with Crippen molar-refractivity contribution in [2.75, 3.05) is 5.32 Å². The maximum atomic E-state index is 10.9. The van der Waals surface area contributed by atoms with Crippen LogP contribution in [0.25, 0.3) is 0 Å². The van der Waals surface area contributed by atoms with Gasteiger partial charge in [0.05, 0.1) is 4.90 Å². The fraction of sp³-hybridized carbons (Fsp3) is 0. The molecule has 1 aromatic carbocycles. The number of anilines is 1. The van der Waals surface area contributed by atoms with E-state index in [-0.39, 0.29) is 40.1 Å². The van der Waals surface area contributed by atoms with E-state index < -0.39 is 16.0 Å². The first-order valence-corrected chi connectivity index (χ1v) is 5.38. The molecule has 1 aromatic rings. The number of carbonyl (C=O) groups is 1. The van der Waals surface area contributed by atoms with E-state index in [0.29, 0.717) is 6.21 Å². The standard InChI is InChI=1S/C8H8N2O5S.Na/c11-8(5-9-12)10-6-1-3-7(4-2-6)16(13,14)15;/h1-5,12H,(H,10,11)(H,13,14,15);/q;+1/p-1/b9-5+;. The number of hydrogen-bond acceptors (Lipinski definition) is 6. The molecule has 1 rings (SSSR count). The van der Waals surface area contributed by atoms with Crippen LogP contribution in [0.15, 0.2) is 34.3 Å². The van der Waals surface area contributed by atoms with Crippen molar-refractivity contribution in [2.24, 2.45) is 5.16 Å². The largest absolute Gasteiger partial charge is 1.00 e. The van der Waals surface area contributed by atoms with Crippen LogP contribution in [0.3, 0.4) is 0 Å². The number of amides is 1. The van der Waals surface area contributed by atoms with E-state index in [1.165, 1.54) is 12.1 Å². The summed E-state index contributed by atoms with van der Waals surface area (Å²) in [6.07, 6.45) is 0.637. The molecule has 17 heavy (non-hydrogen) atoms. The molecule has 0 unspecified atom stereocenters. The van der Waals surface area contributed by atoms with Gasteiger partial charge in [-0.15, -0.1) is 0 Å². The van der Waals surface area contributed by atoms with Crippen molar-refractivity contribution in [1.29, 1.82) is 0 Å². The maximum absolute atomic E-state index is 10.9. The van der Waals surface area contributed by atoms with Gasteiger partial charge in [0, 0.05) is 5.69 Å². The second-order valence-electron chi connectivity index (χ2n) is 2.71. The van der Waals surface area contributed by atoms with E-state index in [9.17, 15) is 17.8 Å². The average molecular weight is 266 g/mol. The molecule has 0 spiro atoms. The molecular weight excluding hydrogens is 259 g/mol. The summed E-state index contributed by atoms with van der Waals surface area (Å²) in [6, 6.07) is 4.61. The third-order valence-electron chi connectivity index (χ3n) is 1.59. The van der Waals surface area contributed by atoms with Gasteiger partial charge in [-0.3, -0.25) is 4.79 Å². The molecule has 9 heteroatoms. The molecule has 7 nitrogen and oxygen atoms in total. The summed E-state index contributed by atoms with van der Waals surface area (Å²) >= 11 is 0. The van der Waals surface area contributed by atoms with Crippen molar-refractivity contribution in [3.8, 4) is 0 Å². The fourth-order valence-corrected chi connectivity index (χ4v) is 1.40. The van der Waals surface area contributed by atoms with E-state index in [0.717, 1.165) is 12.1 Å². The molecule has 0 aliphatic carbocycles. The van der Waals surface area contributed by atoms with E-state index in [1.807, 2.05) is 0 Å². The van der Waals surface area contributed by atoms with Gasteiger partial charge >= 0.3 is 29.6 Å². The van der Waals surface area contributed by atoms with E-state index in [4.69, 9.17) is 5.21 Å². The number of oxime groups is 1. The number of hydrogen-bond donors (Lipinski definition) is 2. The Bertz CT molecular complexity index is 511. The number of carbonyl (C=O) groups excluding carboxylic acids is 1. The second kappa shape index (κ2) is 6.72. The molecule has 0 aliphatic rings. The molecule has 0 heterocycles. The molecule has 0 aliphatic heterocycles. The first kappa shape index (κ1) is 16.1. The van der Waals surface area contributed by atoms with Crippen LogP contribution in [0.5, 0.6) is 0 Å². The van der Waals surface area contributed by atoms with Crippen LogP contribution >= 0.6 is 0 Å². The second-order valence-corrected chi connectivity index (χ2v) is 4.09. The van der Waals surface area contributed by atoms with Gasteiger partial charge in [-0.1, -0.05) is 5.16 Å². The number of nitrogens with one attached hydrogen (secondary N) is 1. The molecule has 86 valence electrons. The summed E-state index contributed by atoms with van der Waals surface area (Å²) in [5.41, 5.74) is 0.275. The third kappa shape index (κ3) is 5.29. The van der Waals surface area contributed by atoms with Crippen molar-refractivity contribution in [2.45, 2.75) is 4.90 Å². The molecule has 0 saturated carbocycles. The van der Waals surface area contributed by atoms with Crippen LogP contribution in [-0.2, 0) is 14.9 Å². The summed E-state index contributed by atoms with van der Waals surface area (Å²) in [5, 5.41) is 12.8. The van der Waals surface area contributed by atoms with Gasteiger partial charge in [-0.25, -0.2) is 8.42 Å². The summed E-state index contributed by atoms with van der Waals surface area (Å²) in [4.78, 5) is 10.5. The quantitative estimate of drug-likeness (QED) is 0.198. The van der Waals surface area contributed by atoms with Crippen molar-refractivity contribution >= 4 is 27.9 Å². The number of nitrogens with zero attached hydrogens (tertiary/aromatic N) is 1. The van der Waals surface area contributed by atoms with E-state index in [1.54, 1.807) is 0 Å². The minimum absolute atomic E-state index is 0. The Morgan fingerprint density at radius 3 is 2.29 bits per heavy atom. The minimum atomic E-state index is -4.49. The Morgan fingerprint density at radius 1 is 1.35 bits per heavy atom. The van der Waals surface area contributed by atoms with Crippen molar-refractivity contribution in [1.82, 2.24) is 0 Å². The molecule has 0 bridgehead atoms. The fourth-order valence-electron chi connectivity index (χ4n) is 0.932. The van der Waals surface area contributed by atoms with Gasteiger partial charge in [-0.05, 0) is 24.3 Å². The van der Waals surface area contributed by atoms with Gasteiger partial charge in [0.2, 0.25) is 0 Å². The zero-order valence-electron chi connectivity index (χ0n) is 8.82. The van der Waals surface area contributed by atoms with E-state index >= 15 is 0 Å². The Hall–Kier alpha value is -0.930. The van der Waals surface area contributed by atoms with Gasteiger partial charge in [-0.2, -0.15) is 0 Å². The Labute approximate surface area is 120 Å². The monoisotopic (exact) mass is 266 g/mol. The van der Waals surface area contributed by atoms with Crippen LogP contribution in [0.2, 0.25) is 0 Å². The van der Waals surface area contributed by atoms with Crippen LogP contribution in [0.4, 0.5) is 5.69 Å². The Morgan fingerprint density at radius 2 is 1.88 bits per heavy atom. The Kier molecular flexibility index (Phi) is 6.35. The number of benzene rings is 1. The molecule has 0 atom stereocenters. The molecule has 0 aromatic heterocycles. The van der Waals surface area contributed by atoms with Gasteiger partial charge in [0.1, 0.15) is 16.3 Å². The zero-order valence-corrected chi connectivity index (χ0v) is 11.6. The van der Waals surface area contributed by atoms with Gasteiger partial charge < -0.3 is 15.1 Å². The summed E-state index contributed by atoms with van der Waals surface area (Å²) in [6.45, 7) is 0. The molecule has 0 radical (unpaired) electrons. The van der Waals surface area contributed by atoms with Crippen molar-refractivity contribution in [3.63, 3.8) is 0 Å². The van der Waals surface area contributed by atoms with Gasteiger partial charge in [0.25, 0.3) is 5.91 Å². The third-order valence-corrected chi connectivity index (χ3v) is 2.44. The van der Waals surface area contributed by atoms with Crippen LogP contribution < -0.4 is 34.9 Å². The van der Waals surface area contributed by atoms with Crippen LogP contribution in [0.1, 0.15) is 0 Å². The van der Waals surface area contributed by atoms with Crippen molar-refractivity contribution < 1.29 is 52.5 Å². The van der Waals surface area contributed by atoms with Crippen LogP contribution in [-0.4, -0.2) is 30.3 Å². The van der Waals surface area contributed by atoms with E-state index in [2.05, 4.69) is 10.5 Å². The first-order chi connectivity index (χ1) is 7.43. The van der Waals surface area contributed by atoms with Crippen molar-refractivity contribution in [3.05, 3.63) is 24.3 Å². The summed E-state index contributed by atoms with van der Waals surface area (Å²) in [7, 11) is -4.49. The molecule has 0 fully saturated rings.